The normalized spacial score (nSPS) is 11.2. The van der Waals surface area contributed by atoms with Gasteiger partial charge in [0, 0.05) is 23.5 Å². The molecule has 0 aliphatic carbocycles. The smallest absolute Gasteiger partial charge is 0.271 e. The van der Waals surface area contributed by atoms with Gasteiger partial charge in [-0.15, -0.1) is 0 Å². The van der Waals surface area contributed by atoms with Crippen LogP contribution in [0.2, 0.25) is 0 Å². The van der Waals surface area contributed by atoms with E-state index >= 15 is 0 Å². The lowest BCUT2D eigenvalue weighted by Gasteiger charge is -2.08. The summed E-state index contributed by atoms with van der Waals surface area (Å²) in [6.45, 7) is 0. The van der Waals surface area contributed by atoms with E-state index in [0.29, 0.717) is 11.1 Å². The van der Waals surface area contributed by atoms with Crippen LogP contribution in [-0.2, 0) is 0 Å². The predicted molar refractivity (Wildman–Crippen MR) is 97.7 cm³/mol. The van der Waals surface area contributed by atoms with Crippen LogP contribution < -0.4 is 11.0 Å². The minimum absolute atomic E-state index is 0.0236. The first-order valence-corrected chi connectivity index (χ1v) is 7.86. The summed E-state index contributed by atoms with van der Waals surface area (Å²) in [5, 5.41) is 14.2. The molecule has 0 fully saturated rings. The standard InChI is InChI=1S/C17H13N5O3S/c23-14(11-6-8-18-9-7-11)22-21-13(10-4-2-1-3-5-10)12-15(24)19-17(26)20-16(12)25/h1-9H,(H,22,23)(H3,19,20,24,25,26). The Bertz CT molecular complexity index is 1070. The molecule has 130 valence electrons. The van der Waals surface area contributed by atoms with Gasteiger partial charge in [0.1, 0.15) is 11.3 Å². The zero-order valence-electron chi connectivity index (χ0n) is 13.3. The number of carbonyl (C=O) groups is 1. The SMILES string of the molecule is O=C(NN=C(c1ccccc1)c1c(O)[nH]c(=S)[nH]c1=O)c1ccncc1. The molecule has 1 amide bonds. The molecular weight excluding hydrogens is 354 g/mol. The fourth-order valence-corrected chi connectivity index (χ4v) is 2.42. The third-order valence-corrected chi connectivity index (χ3v) is 3.62. The molecule has 3 rings (SSSR count). The summed E-state index contributed by atoms with van der Waals surface area (Å²) in [6, 6.07) is 11.7. The van der Waals surface area contributed by atoms with Crippen LogP contribution in [0.3, 0.4) is 0 Å². The van der Waals surface area contributed by atoms with Crippen molar-refractivity contribution in [1.29, 1.82) is 0 Å². The third-order valence-electron chi connectivity index (χ3n) is 3.42. The van der Waals surface area contributed by atoms with Gasteiger partial charge >= 0.3 is 0 Å². The first-order valence-electron chi connectivity index (χ1n) is 7.45. The fraction of sp³-hybridized carbons (Fsp3) is 0. The molecule has 0 atom stereocenters. The lowest BCUT2D eigenvalue weighted by Crippen LogP contribution is -2.25. The lowest BCUT2D eigenvalue weighted by molar-refractivity contribution is 0.0954. The van der Waals surface area contributed by atoms with E-state index in [9.17, 15) is 14.7 Å². The summed E-state index contributed by atoms with van der Waals surface area (Å²) in [4.78, 5) is 33.2. The van der Waals surface area contributed by atoms with Gasteiger partial charge in [0.2, 0.25) is 5.88 Å². The molecule has 9 heteroatoms. The topological polar surface area (TPSA) is 123 Å². The quantitative estimate of drug-likeness (QED) is 0.318. The van der Waals surface area contributed by atoms with Gasteiger partial charge in [-0.1, -0.05) is 30.3 Å². The summed E-state index contributed by atoms with van der Waals surface area (Å²) in [5.41, 5.74) is 2.56. The number of benzene rings is 1. The van der Waals surface area contributed by atoms with E-state index < -0.39 is 17.3 Å². The van der Waals surface area contributed by atoms with E-state index in [2.05, 4.69) is 25.5 Å². The van der Waals surface area contributed by atoms with E-state index in [1.165, 1.54) is 24.5 Å². The predicted octanol–water partition coefficient (Wildman–Crippen LogP) is 1.72. The van der Waals surface area contributed by atoms with Crippen LogP contribution in [0.15, 0.2) is 64.8 Å². The number of hydrogen-bond donors (Lipinski definition) is 4. The van der Waals surface area contributed by atoms with Crippen LogP contribution in [0.1, 0.15) is 21.5 Å². The number of aromatic nitrogens is 3. The first kappa shape index (κ1) is 17.2. The molecule has 8 nitrogen and oxygen atoms in total. The average Bonchev–Trinajstić information content (AvgIpc) is 2.65. The highest BCUT2D eigenvalue weighted by Crippen LogP contribution is 2.14. The molecule has 2 heterocycles. The van der Waals surface area contributed by atoms with Crippen molar-refractivity contribution in [3.8, 4) is 5.88 Å². The molecule has 0 spiro atoms. The van der Waals surface area contributed by atoms with Crippen molar-refractivity contribution < 1.29 is 9.90 Å². The number of hydrazone groups is 1. The van der Waals surface area contributed by atoms with E-state index in [4.69, 9.17) is 12.2 Å². The molecule has 3 aromatic rings. The van der Waals surface area contributed by atoms with Crippen molar-refractivity contribution in [3.05, 3.63) is 86.7 Å². The Morgan fingerprint density at radius 3 is 2.42 bits per heavy atom. The molecule has 0 aliphatic rings. The van der Waals surface area contributed by atoms with Crippen LogP contribution in [0.5, 0.6) is 5.88 Å². The summed E-state index contributed by atoms with van der Waals surface area (Å²) in [7, 11) is 0. The molecule has 0 saturated heterocycles. The first-order chi connectivity index (χ1) is 12.6. The van der Waals surface area contributed by atoms with Gasteiger partial charge in [0.05, 0.1) is 0 Å². The second-order valence-electron chi connectivity index (χ2n) is 5.14. The van der Waals surface area contributed by atoms with Gasteiger partial charge in [0.25, 0.3) is 11.5 Å². The van der Waals surface area contributed by atoms with E-state index in [1.807, 2.05) is 0 Å². The molecule has 0 bridgehead atoms. The van der Waals surface area contributed by atoms with Crippen LogP contribution >= 0.6 is 12.2 Å². The number of nitrogens with one attached hydrogen (secondary N) is 3. The van der Waals surface area contributed by atoms with Crippen molar-refractivity contribution in [2.24, 2.45) is 5.10 Å². The van der Waals surface area contributed by atoms with Gasteiger partial charge in [-0.3, -0.25) is 19.6 Å². The van der Waals surface area contributed by atoms with Crippen LogP contribution in [0.4, 0.5) is 0 Å². The van der Waals surface area contributed by atoms with E-state index in [-0.39, 0.29) is 16.0 Å². The molecule has 2 aromatic heterocycles. The molecule has 4 N–H and O–H groups in total. The lowest BCUT2D eigenvalue weighted by atomic mass is 10.0. The largest absolute Gasteiger partial charge is 0.494 e. The highest BCUT2D eigenvalue weighted by atomic mass is 32.1. The zero-order chi connectivity index (χ0) is 18.5. The van der Waals surface area contributed by atoms with Crippen LogP contribution in [0.25, 0.3) is 0 Å². The maximum Gasteiger partial charge on any atom is 0.271 e. The van der Waals surface area contributed by atoms with Gasteiger partial charge in [-0.2, -0.15) is 5.10 Å². The summed E-state index contributed by atoms with van der Waals surface area (Å²) >= 11 is 4.83. The second-order valence-corrected chi connectivity index (χ2v) is 5.54. The zero-order valence-corrected chi connectivity index (χ0v) is 14.1. The fourth-order valence-electron chi connectivity index (χ4n) is 2.23. The highest BCUT2D eigenvalue weighted by Gasteiger charge is 2.18. The molecular formula is C17H13N5O3S. The van der Waals surface area contributed by atoms with Gasteiger partial charge in [0.15, 0.2) is 4.77 Å². The molecule has 0 saturated carbocycles. The van der Waals surface area contributed by atoms with Crippen molar-refractivity contribution in [3.63, 3.8) is 0 Å². The Hall–Kier alpha value is -3.59. The monoisotopic (exact) mass is 367 g/mol. The minimum atomic E-state index is -0.632. The Morgan fingerprint density at radius 2 is 1.77 bits per heavy atom. The number of carbonyl (C=O) groups excluding carboxylic acids is 1. The number of hydrogen-bond acceptors (Lipinski definition) is 6. The van der Waals surface area contributed by atoms with Crippen LogP contribution in [0, 0.1) is 4.77 Å². The van der Waals surface area contributed by atoms with Crippen molar-refractivity contribution in [2.75, 3.05) is 0 Å². The summed E-state index contributed by atoms with van der Waals surface area (Å²) in [6.07, 6.45) is 2.95. The maximum absolute atomic E-state index is 12.3. The Morgan fingerprint density at radius 1 is 1.08 bits per heavy atom. The maximum atomic E-state index is 12.3. The Kier molecular flexibility index (Phi) is 4.99. The molecule has 0 aliphatic heterocycles. The molecule has 26 heavy (non-hydrogen) atoms. The molecule has 0 unspecified atom stereocenters. The number of pyridine rings is 1. The molecule has 1 aromatic carbocycles. The number of rotatable bonds is 4. The Labute approximate surface area is 152 Å². The third kappa shape index (κ3) is 3.73. The van der Waals surface area contributed by atoms with Crippen LogP contribution in [-0.4, -0.2) is 31.7 Å². The average molecular weight is 367 g/mol. The van der Waals surface area contributed by atoms with Crippen molar-refractivity contribution in [1.82, 2.24) is 20.4 Å². The number of aromatic hydroxyl groups is 1. The van der Waals surface area contributed by atoms with Gasteiger partial charge in [-0.25, -0.2) is 5.43 Å². The number of H-pyrrole nitrogens is 2. The van der Waals surface area contributed by atoms with E-state index in [1.54, 1.807) is 30.3 Å². The number of nitrogens with zero attached hydrogens (tertiary/aromatic N) is 2. The summed E-state index contributed by atoms with van der Waals surface area (Å²) in [5.74, 6) is -0.930. The minimum Gasteiger partial charge on any atom is -0.494 e. The van der Waals surface area contributed by atoms with E-state index in [0.717, 1.165) is 0 Å². The summed E-state index contributed by atoms with van der Waals surface area (Å²) < 4.78 is -0.0236. The molecule has 0 radical (unpaired) electrons. The second kappa shape index (κ2) is 7.53. The van der Waals surface area contributed by atoms with Crippen molar-refractivity contribution in [2.45, 2.75) is 0 Å². The van der Waals surface area contributed by atoms with Gasteiger partial charge < -0.3 is 10.1 Å². The Balaban J connectivity index is 2.07. The number of aromatic amines is 2. The number of amides is 1. The highest BCUT2D eigenvalue weighted by molar-refractivity contribution is 7.71. The van der Waals surface area contributed by atoms with Crippen molar-refractivity contribution >= 4 is 23.8 Å². The van der Waals surface area contributed by atoms with Gasteiger partial charge in [-0.05, 0) is 24.4 Å².